The summed E-state index contributed by atoms with van der Waals surface area (Å²) < 4.78 is 1.63. The summed E-state index contributed by atoms with van der Waals surface area (Å²) in [6.45, 7) is 0. The van der Waals surface area contributed by atoms with Crippen molar-refractivity contribution in [1.29, 1.82) is 0 Å². The summed E-state index contributed by atoms with van der Waals surface area (Å²) in [7, 11) is 0. The van der Waals surface area contributed by atoms with Crippen LogP contribution >= 0.6 is 11.6 Å². The predicted molar refractivity (Wildman–Crippen MR) is 78.6 cm³/mol. The summed E-state index contributed by atoms with van der Waals surface area (Å²) >= 11 is 5.64. The van der Waals surface area contributed by atoms with E-state index in [0.29, 0.717) is 11.4 Å². The van der Waals surface area contributed by atoms with Gasteiger partial charge in [-0.25, -0.2) is 4.68 Å². The van der Waals surface area contributed by atoms with Crippen molar-refractivity contribution in [2.75, 3.05) is 5.32 Å². The zero-order chi connectivity index (χ0) is 14.7. The second kappa shape index (κ2) is 5.72. The summed E-state index contributed by atoms with van der Waals surface area (Å²) in [5.41, 5.74) is 1.30. The molecule has 0 atom stereocenters. The van der Waals surface area contributed by atoms with Gasteiger partial charge in [-0.2, -0.15) is 5.10 Å². The van der Waals surface area contributed by atoms with Gasteiger partial charge in [0.25, 0.3) is 5.91 Å². The van der Waals surface area contributed by atoms with Gasteiger partial charge in [0, 0.05) is 6.20 Å². The van der Waals surface area contributed by atoms with Crippen molar-refractivity contribution in [3.05, 3.63) is 65.6 Å². The van der Waals surface area contributed by atoms with E-state index in [1.165, 1.54) is 6.20 Å². The average Bonchev–Trinajstić information content (AvgIpc) is 3.00. The number of halogens is 1. The molecule has 3 aromatic rings. The molecule has 0 radical (unpaired) electrons. The highest BCUT2D eigenvalue weighted by Gasteiger charge is 2.10. The summed E-state index contributed by atoms with van der Waals surface area (Å²) in [5, 5.41) is 14.5. The number of para-hydroxylation sites is 1. The van der Waals surface area contributed by atoms with Crippen molar-refractivity contribution in [2.45, 2.75) is 0 Å². The SMILES string of the molecule is O=C(Nc1ccc(Cl)nn1)c1cnn(-c2ccccc2)c1. The van der Waals surface area contributed by atoms with Crippen LogP contribution in [0.15, 0.2) is 54.9 Å². The van der Waals surface area contributed by atoms with Crippen LogP contribution in [0, 0.1) is 0 Å². The van der Waals surface area contributed by atoms with Crippen LogP contribution in [0.3, 0.4) is 0 Å². The van der Waals surface area contributed by atoms with Crippen molar-refractivity contribution >= 4 is 23.3 Å². The number of carbonyl (C=O) groups excluding carboxylic acids is 1. The van der Waals surface area contributed by atoms with Gasteiger partial charge in [-0.3, -0.25) is 4.79 Å². The maximum atomic E-state index is 12.1. The molecule has 0 fully saturated rings. The maximum absolute atomic E-state index is 12.1. The number of benzene rings is 1. The van der Waals surface area contributed by atoms with E-state index in [1.807, 2.05) is 30.3 Å². The van der Waals surface area contributed by atoms with Crippen molar-refractivity contribution < 1.29 is 4.79 Å². The van der Waals surface area contributed by atoms with Gasteiger partial charge >= 0.3 is 0 Å². The fraction of sp³-hybridized carbons (Fsp3) is 0. The fourth-order valence-corrected chi connectivity index (χ4v) is 1.83. The standard InChI is InChI=1S/C14H10ClN5O/c15-12-6-7-13(19-18-12)17-14(21)10-8-16-20(9-10)11-4-2-1-3-5-11/h1-9H,(H,17,19,21). The topological polar surface area (TPSA) is 72.7 Å². The lowest BCUT2D eigenvalue weighted by Gasteiger charge is -2.01. The van der Waals surface area contributed by atoms with E-state index in [1.54, 1.807) is 23.0 Å². The molecule has 1 amide bonds. The van der Waals surface area contributed by atoms with E-state index in [2.05, 4.69) is 20.6 Å². The van der Waals surface area contributed by atoms with Crippen molar-refractivity contribution in [3.8, 4) is 5.69 Å². The third-order valence-electron chi connectivity index (χ3n) is 2.74. The number of rotatable bonds is 3. The number of nitrogens with zero attached hydrogens (tertiary/aromatic N) is 4. The van der Waals surface area contributed by atoms with Gasteiger partial charge < -0.3 is 5.32 Å². The number of amides is 1. The van der Waals surface area contributed by atoms with Crippen molar-refractivity contribution in [2.24, 2.45) is 0 Å². The lowest BCUT2D eigenvalue weighted by atomic mass is 10.3. The first-order valence-electron chi connectivity index (χ1n) is 6.13. The molecule has 104 valence electrons. The Hall–Kier alpha value is -2.73. The van der Waals surface area contributed by atoms with Crippen LogP contribution in [-0.4, -0.2) is 25.9 Å². The molecule has 1 aromatic carbocycles. The molecule has 6 nitrogen and oxygen atoms in total. The van der Waals surface area contributed by atoms with Crippen LogP contribution in [0.4, 0.5) is 5.82 Å². The average molecular weight is 300 g/mol. The highest BCUT2D eigenvalue weighted by Crippen LogP contribution is 2.10. The largest absolute Gasteiger partial charge is 0.305 e. The number of carbonyl (C=O) groups is 1. The van der Waals surface area contributed by atoms with Gasteiger partial charge in [0.05, 0.1) is 17.4 Å². The molecule has 0 aliphatic rings. The van der Waals surface area contributed by atoms with E-state index in [9.17, 15) is 4.79 Å². The summed E-state index contributed by atoms with van der Waals surface area (Å²) in [4.78, 5) is 12.1. The maximum Gasteiger partial charge on any atom is 0.260 e. The Morgan fingerprint density at radius 2 is 1.90 bits per heavy atom. The second-order valence-electron chi connectivity index (χ2n) is 4.20. The molecule has 2 aromatic heterocycles. The summed E-state index contributed by atoms with van der Waals surface area (Å²) in [6, 6.07) is 12.7. The van der Waals surface area contributed by atoms with Crippen LogP contribution in [0.25, 0.3) is 5.69 Å². The molecule has 0 aliphatic carbocycles. The second-order valence-corrected chi connectivity index (χ2v) is 4.59. The van der Waals surface area contributed by atoms with Crippen LogP contribution < -0.4 is 5.32 Å². The monoisotopic (exact) mass is 299 g/mol. The first-order chi connectivity index (χ1) is 10.2. The number of aromatic nitrogens is 4. The quantitative estimate of drug-likeness (QED) is 0.806. The van der Waals surface area contributed by atoms with Gasteiger partial charge in [0.1, 0.15) is 0 Å². The number of nitrogens with one attached hydrogen (secondary N) is 1. The van der Waals surface area contributed by atoms with Gasteiger partial charge in [-0.05, 0) is 24.3 Å². The van der Waals surface area contributed by atoms with Gasteiger partial charge in [-0.1, -0.05) is 29.8 Å². The molecular weight excluding hydrogens is 290 g/mol. The van der Waals surface area contributed by atoms with Gasteiger partial charge in [0.15, 0.2) is 11.0 Å². The minimum atomic E-state index is -0.311. The molecule has 0 saturated heterocycles. The highest BCUT2D eigenvalue weighted by atomic mass is 35.5. The molecule has 0 spiro atoms. The van der Waals surface area contributed by atoms with Crippen LogP contribution in [0.5, 0.6) is 0 Å². The highest BCUT2D eigenvalue weighted by molar-refractivity contribution is 6.29. The molecule has 1 N–H and O–H groups in total. The molecule has 0 unspecified atom stereocenters. The fourth-order valence-electron chi connectivity index (χ4n) is 1.73. The summed E-state index contributed by atoms with van der Waals surface area (Å²) in [5.74, 6) is 0.0191. The van der Waals surface area contributed by atoms with Crippen LogP contribution in [0.2, 0.25) is 5.15 Å². The third kappa shape index (κ3) is 3.06. The molecular formula is C14H10ClN5O. The van der Waals surface area contributed by atoms with E-state index >= 15 is 0 Å². The number of hydrogen-bond donors (Lipinski definition) is 1. The van der Waals surface area contributed by atoms with E-state index in [4.69, 9.17) is 11.6 Å². The number of hydrogen-bond acceptors (Lipinski definition) is 4. The first-order valence-corrected chi connectivity index (χ1v) is 6.51. The zero-order valence-electron chi connectivity index (χ0n) is 10.8. The molecule has 7 heteroatoms. The van der Waals surface area contributed by atoms with Crippen molar-refractivity contribution in [3.63, 3.8) is 0 Å². The van der Waals surface area contributed by atoms with E-state index in [0.717, 1.165) is 5.69 Å². The first kappa shape index (κ1) is 13.3. The van der Waals surface area contributed by atoms with Crippen LogP contribution in [0.1, 0.15) is 10.4 Å². The molecule has 0 bridgehead atoms. The Morgan fingerprint density at radius 1 is 1.10 bits per heavy atom. The molecule has 3 rings (SSSR count). The molecule has 21 heavy (non-hydrogen) atoms. The lowest BCUT2D eigenvalue weighted by molar-refractivity contribution is 0.102. The Morgan fingerprint density at radius 3 is 2.62 bits per heavy atom. The summed E-state index contributed by atoms with van der Waals surface area (Å²) in [6.07, 6.45) is 3.14. The Balaban J connectivity index is 1.77. The third-order valence-corrected chi connectivity index (χ3v) is 2.94. The lowest BCUT2D eigenvalue weighted by Crippen LogP contribution is -2.12. The van der Waals surface area contributed by atoms with Crippen molar-refractivity contribution in [1.82, 2.24) is 20.0 Å². The van der Waals surface area contributed by atoms with Gasteiger partial charge in [0.2, 0.25) is 0 Å². The number of anilines is 1. The zero-order valence-corrected chi connectivity index (χ0v) is 11.5. The predicted octanol–water partition coefficient (Wildman–Crippen LogP) is 2.57. The van der Waals surface area contributed by atoms with Crippen LogP contribution in [-0.2, 0) is 0 Å². The Labute approximate surface area is 125 Å². The Bertz CT molecular complexity index is 755. The van der Waals surface area contributed by atoms with E-state index < -0.39 is 0 Å². The van der Waals surface area contributed by atoms with Gasteiger partial charge in [-0.15, -0.1) is 10.2 Å². The minimum absolute atomic E-state index is 0.268. The normalized spacial score (nSPS) is 10.3. The smallest absolute Gasteiger partial charge is 0.260 e. The Kier molecular flexibility index (Phi) is 3.61. The molecule has 0 saturated carbocycles. The molecule has 2 heterocycles. The van der Waals surface area contributed by atoms with E-state index in [-0.39, 0.29) is 11.1 Å². The minimum Gasteiger partial charge on any atom is -0.305 e. The molecule has 0 aliphatic heterocycles.